The van der Waals surface area contributed by atoms with Crippen molar-refractivity contribution in [3.8, 4) is 17.2 Å². The van der Waals surface area contributed by atoms with Gasteiger partial charge in [-0.25, -0.2) is 0 Å². The molecule has 1 heterocycles. The summed E-state index contributed by atoms with van der Waals surface area (Å²) in [6.45, 7) is 0. The van der Waals surface area contributed by atoms with Gasteiger partial charge in [0.15, 0.2) is 11.5 Å². The molecule has 3 aromatic rings. The van der Waals surface area contributed by atoms with Crippen LogP contribution in [0.2, 0.25) is 0 Å². The largest absolute Gasteiger partial charge is 0.493 e. The van der Waals surface area contributed by atoms with Gasteiger partial charge in [0.2, 0.25) is 5.75 Å². The lowest BCUT2D eigenvalue weighted by atomic mass is 9.98. The van der Waals surface area contributed by atoms with E-state index in [4.69, 9.17) is 19.9 Å². The molecule has 0 saturated heterocycles. The summed E-state index contributed by atoms with van der Waals surface area (Å²) in [6.07, 6.45) is 1.94. The number of aromatic amines is 1. The maximum atomic E-state index is 6.49. The lowest BCUT2D eigenvalue weighted by molar-refractivity contribution is 0.323. The number of para-hydroxylation sites is 1. The zero-order chi connectivity index (χ0) is 16.4. The average Bonchev–Trinajstić information content (AvgIpc) is 3.03. The molecule has 23 heavy (non-hydrogen) atoms. The quantitative estimate of drug-likeness (QED) is 0.759. The number of aromatic nitrogens is 1. The standard InChI is InChI=1S/C18H20N2O3/c1-21-15-8-11(9-16(22-2)18(15)23-3)17(19)13-10-20-14-7-5-4-6-12(13)14/h4-10,17,20H,19H2,1-3H3. The van der Waals surface area contributed by atoms with Crippen molar-refractivity contribution in [2.45, 2.75) is 6.04 Å². The normalized spacial score (nSPS) is 12.2. The van der Waals surface area contributed by atoms with Crippen molar-refractivity contribution in [3.63, 3.8) is 0 Å². The van der Waals surface area contributed by atoms with Crippen molar-refractivity contribution >= 4 is 10.9 Å². The van der Waals surface area contributed by atoms with Crippen molar-refractivity contribution in [2.75, 3.05) is 21.3 Å². The number of rotatable bonds is 5. The summed E-state index contributed by atoms with van der Waals surface area (Å²) >= 11 is 0. The molecule has 120 valence electrons. The Morgan fingerprint density at radius 1 is 0.957 bits per heavy atom. The lowest BCUT2D eigenvalue weighted by Gasteiger charge is -2.17. The van der Waals surface area contributed by atoms with Crippen LogP contribution in [-0.2, 0) is 0 Å². The monoisotopic (exact) mass is 312 g/mol. The Balaban J connectivity index is 2.10. The maximum absolute atomic E-state index is 6.49. The first-order valence-electron chi connectivity index (χ1n) is 7.31. The van der Waals surface area contributed by atoms with Gasteiger partial charge in [0.05, 0.1) is 27.4 Å². The zero-order valence-corrected chi connectivity index (χ0v) is 13.4. The smallest absolute Gasteiger partial charge is 0.203 e. The molecule has 0 fully saturated rings. The highest BCUT2D eigenvalue weighted by Gasteiger charge is 2.19. The van der Waals surface area contributed by atoms with E-state index >= 15 is 0 Å². The molecule has 2 aromatic carbocycles. The third kappa shape index (κ3) is 2.59. The van der Waals surface area contributed by atoms with Crippen LogP contribution in [0, 0.1) is 0 Å². The summed E-state index contributed by atoms with van der Waals surface area (Å²) in [5.74, 6) is 1.75. The van der Waals surface area contributed by atoms with E-state index in [9.17, 15) is 0 Å². The Kier molecular flexibility index (Phi) is 4.12. The molecule has 0 amide bonds. The number of fused-ring (bicyclic) bond motifs is 1. The Hall–Kier alpha value is -2.66. The fourth-order valence-corrected chi connectivity index (χ4v) is 2.81. The zero-order valence-electron chi connectivity index (χ0n) is 13.4. The molecule has 0 aliphatic rings. The van der Waals surface area contributed by atoms with Gasteiger partial charge in [0, 0.05) is 17.1 Å². The molecule has 0 bridgehead atoms. The highest BCUT2D eigenvalue weighted by atomic mass is 16.5. The fraction of sp³-hybridized carbons (Fsp3) is 0.222. The van der Waals surface area contributed by atoms with E-state index in [1.807, 2.05) is 36.5 Å². The number of methoxy groups -OCH3 is 3. The van der Waals surface area contributed by atoms with Crippen molar-refractivity contribution in [2.24, 2.45) is 5.73 Å². The van der Waals surface area contributed by atoms with Gasteiger partial charge in [-0.2, -0.15) is 0 Å². The molecule has 1 atom stereocenters. The van der Waals surface area contributed by atoms with E-state index < -0.39 is 0 Å². The summed E-state index contributed by atoms with van der Waals surface area (Å²) in [6, 6.07) is 11.5. The Bertz CT molecular complexity index is 801. The molecule has 0 aliphatic heterocycles. The Morgan fingerprint density at radius 2 is 1.61 bits per heavy atom. The average molecular weight is 312 g/mol. The van der Waals surface area contributed by atoms with Crippen molar-refractivity contribution < 1.29 is 14.2 Å². The first-order chi connectivity index (χ1) is 11.2. The van der Waals surface area contributed by atoms with E-state index in [1.165, 1.54) is 0 Å². The van der Waals surface area contributed by atoms with Crippen LogP contribution >= 0.6 is 0 Å². The number of ether oxygens (including phenoxy) is 3. The predicted molar refractivity (Wildman–Crippen MR) is 90.4 cm³/mol. The van der Waals surface area contributed by atoms with Gasteiger partial charge in [-0.05, 0) is 29.3 Å². The second-order valence-electron chi connectivity index (χ2n) is 5.23. The third-order valence-electron chi connectivity index (χ3n) is 4.00. The van der Waals surface area contributed by atoms with Gasteiger partial charge in [-0.1, -0.05) is 18.2 Å². The highest BCUT2D eigenvalue weighted by molar-refractivity contribution is 5.84. The molecule has 5 nitrogen and oxygen atoms in total. The molecule has 1 aromatic heterocycles. The van der Waals surface area contributed by atoms with Crippen molar-refractivity contribution in [3.05, 3.63) is 53.7 Å². The van der Waals surface area contributed by atoms with Crippen LogP contribution in [0.4, 0.5) is 0 Å². The third-order valence-corrected chi connectivity index (χ3v) is 4.00. The molecule has 3 N–H and O–H groups in total. The van der Waals surface area contributed by atoms with Gasteiger partial charge in [0.1, 0.15) is 0 Å². The second-order valence-corrected chi connectivity index (χ2v) is 5.23. The molecule has 0 radical (unpaired) electrons. The van der Waals surface area contributed by atoms with Gasteiger partial charge in [-0.3, -0.25) is 0 Å². The molecule has 5 heteroatoms. The van der Waals surface area contributed by atoms with E-state index in [0.717, 1.165) is 22.0 Å². The molecule has 0 spiro atoms. The van der Waals surface area contributed by atoms with E-state index in [-0.39, 0.29) is 6.04 Å². The van der Waals surface area contributed by atoms with E-state index in [0.29, 0.717) is 17.2 Å². The summed E-state index contributed by atoms with van der Waals surface area (Å²) in [7, 11) is 4.77. The predicted octanol–water partition coefficient (Wildman–Crippen LogP) is 3.24. The first-order valence-corrected chi connectivity index (χ1v) is 7.31. The molecule has 0 aliphatic carbocycles. The summed E-state index contributed by atoms with van der Waals surface area (Å²) in [4.78, 5) is 3.25. The van der Waals surface area contributed by atoms with Crippen molar-refractivity contribution in [1.29, 1.82) is 0 Å². The summed E-state index contributed by atoms with van der Waals surface area (Å²) < 4.78 is 16.2. The number of H-pyrrole nitrogens is 1. The van der Waals surface area contributed by atoms with Gasteiger partial charge < -0.3 is 24.9 Å². The Morgan fingerprint density at radius 3 is 2.22 bits per heavy atom. The second kappa shape index (κ2) is 6.22. The highest BCUT2D eigenvalue weighted by Crippen LogP contribution is 2.40. The molecular formula is C18H20N2O3. The van der Waals surface area contributed by atoms with Gasteiger partial charge in [-0.15, -0.1) is 0 Å². The first kappa shape index (κ1) is 15.2. The van der Waals surface area contributed by atoms with E-state index in [1.54, 1.807) is 21.3 Å². The van der Waals surface area contributed by atoms with Crippen LogP contribution in [0.25, 0.3) is 10.9 Å². The fourth-order valence-electron chi connectivity index (χ4n) is 2.81. The SMILES string of the molecule is COc1cc(C(N)c2c[nH]c3ccccc23)cc(OC)c1OC. The van der Waals surface area contributed by atoms with Crippen LogP contribution in [0.1, 0.15) is 17.2 Å². The number of hydrogen-bond acceptors (Lipinski definition) is 4. The molecule has 1 unspecified atom stereocenters. The Labute approximate surface area is 135 Å². The topological polar surface area (TPSA) is 69.5 Å². The van der Waals surface area contributed by atoms with Crippen LogP contribution in [0.15, 0.2) is 42.6 Å². The molecule has 0 saturated carbocycles. The van der Waals surface area contributed by atoms with Crippen LogP contribution < -0.4 is 19.9 Å². The summed E-state index contributed by atoms with van der Waals surface area (Å²) in [5, 5.41) is 1.11. The molecular weight excluding hydrogens is 292 g/mol. The van der Waals surface area contributed by atoms with Gasteiger partial charge in [0.25, 0.3) is 0 Å². The minimum atomic E-state index is -0.306. The summed E-state index contributed by atoms with van der Waals surface area (Å²) in [5.41, 5.74) is 9.47. The van der Waals surface area contributed by atoms with Gasteiger partial charge >= 0.3 is 0 Å². The number of hydrogen-bond donors (Lipinski definition) is 2. The van der Waals surface area contributed by atoms with Crippen molar-refractivity contribution in [1.82, 2.24) is 4.98 Å². The minimum absolute atomic E-state index is 0.306. The van der Waals surface area contributed by atoms with Crippen LogP contribution in [-0.4, -0.2) is 26.3 Å². The van der Waals surface area contributed by atoms with Crippen LogP contribution in [0.3, 0.4) is 0 Å². The van der Waals surface area contributed by atoms with E-state index in [2.05, 4.69) is 11.1 Å². The number of nitrogens with two attached hydrogens (primary N) is 1. The maximum Gasteiger partial charge on any atom is 0.203 e. The number of benzene rings is 2. The lowest BCUT2D eigenvalue weighted by Crippen LogP contribution is -2.12. The number of nitrogens with one attached hydrogen (secondary N) is 1. The van der Waals surface area contributed by atoms with Crippen LogP contribution in [0.5, 0.6) is 17.2 Å². The molecule has 3 rings (SSSR count). The minimum Gasteiger partial charge on any atom is -0.493 e.